The van der Waals surface area contributed by atoms with E-state index in [9.17, 15) is 18.3 Å². The van der Waals surface area contributed by atoms with Crippen LogP contribution in [-0.2, 0) is 6.54 Å². The number of aliphatic hydroxyl groups excluding tert-OH is 1. The van der Waals surface area contributed by atoms with E-state index in [1.165, 1.54) is 5.56 Å². The average Bonchev–Trinajstić information content (AvgIpc) is 3.29. The fourth-order valence-electron chi connectivity index (χ4n) is 5.56. The maximum Gasteiger partial charge on any atom is 0.390 e. The molecule has 2 aromatic heterocycles. The number of nitrogens with zero attached hydrogens (tertiary/aromatic N) is 5. The molecule has 0 radical (unpaired) electrons. The van der Waals surface area contributed by atoms with E-state index < -0.39 is 12.6 Å². The number of fused-ring (bicyclic) bond motifs is 1. The molecule has 0 spiro atoms. The van der Waals surface area contributed by atoms with Crippen molar-refractivity contribution in [2.45, 2.75) is 57.0 Å². The van der Waals surface area contributed by atoms with Crippen molar-refractivity contribution in [2.75, 3.05) is 44.6 Å². The summed E-state index contributed by atoms with van der Waals surface area (Å²) in [6.45, 7) is 5.24. The van der Waals surface area contributed by atoms with Gasteiger partial charge in [-0.3, -0.25) is 9.80 Å². The van der Waals surface area contributed by atoms with E-state index in [4.69, 9.17) is 6.42 Å². The molecule has 3 heterocycles. The second-order valence-electron chi connectivity index (χ2n) is 10.6. The number of hydrogen-bond acceptors (Lipinski definition) is 6. The van der Waals surface area contributed by atoms with Gasteiger partial charge in [-0.1, -0.05) is 30.2 Å². The highest BCUT2D eigenvalue weighted by Crippen LogP contribution is 2.37. The number of alkyl halides is 3. The lowest BCUT2D eigenvalue weighted by atomic mass is 9.93. The highest BCUT2D eigenvalue weighted by atomic mass is 19.4. The van der Waals surface area contributed by atoms with E-state index in [0.717, 1.165) is 62.1 Å². The summed E-state index contributed by atoms with van der Waals surface area (Å²) in [4.78, 5) is 13.7. The lowest BCUT2D eigenvalue weighted by Crippen LogP contribution is -2.45. The zero-order chi connectivity index (χ0) is 27.4. The van der Waals surface area contributed by atoms with Crippen LogP contribution in [0.5, 0.6) is 0 Å². The van der Waals surface area contributed by atoms with Crippen LogP contribution < -0.4 is 5.32 Å². The van der Waals surface area contributed by atoms with Crippen molar-refractivity contribution >= 4 is 17.0 Å². The Hall–Kier alpha value is -3.13. The summed E-state index contributed by atoms with van der Waals surface area (Å²) >= 11 is 0. The molecule has 5 rings (SSSR count). The molecule has 2 fully saturated rings. The van der Waals surface area contributed by atoms with Gasteiger partial charge in [-0.15, -0.1) is 6.42 Å². The van der Waals surface area contributed by atoms with E-state index in [1.54, 1.807) is 6.20 Å². The van der Waals surface area contributed by atoms with Gasteiger partial charge in [-0.2, -0.15) is 18.2 Å². The molecule has 39 heavy (non-hydrogen) atoms. The van der Waals surface area contributed by atoms with Gasteiger partial charge in [0.1, 0.15) is 5.65 Å². The Kier molecular flexibility index (Phi) is 8.40. The normalized spacial score (nSPS) is 21.2. The van der Waals surface area contributed by atoms with Gasteiger partial charge in [0.15, 0.2) is 0 Å². The number of aromatic nitrogens is 3. The molecule has 1 saturated heterocycles. The summed E-state index contributed by atoms with van der Waals surface area (Å²) in [5, 5.41) is 13.6. The second-order valence-corrected chi connectivity index (χ2v) is 10.6. The quantitative estimate of drug-likeness (QED) is 0.404. The van der Waals surface area contributed by atoms with Crippen LogP contribution in [0.2, 0.25) is 0 Å². The molecule has 7 nitrogen and oxygen atoms in total. The first-order valence-electron chi connectivity index (χ1n) is 13.6. The number of rotatable bonds is 8. The monoisotopic (exact) mass is 540 g/mol. The van der Waals surface area contributed by atoms with Gasteiger partial charge in [0.25, 0.3) is 0 Å². The summed E-state index contributed by atoms with van der Waals surface area (Å²) < 4.78 is 40.0. The lowest BCUT2D eigenvalue weighted by molar-refractivity contribution is -0.131. The zero-order valence-corrected chi connectivity index (χ0v) is 22.0. The number of benzene rings is 1. The van der Waals surface area contributed by atoms with E-state index in [-0.39, 0.29) is 24.6 Å². The van der Waals surface area contributed by atoms with Crippen molar-refractivity contribution in [1.29, 1.82) is 0 Å². The number of halogens is 3. The molecular formula is C29H35F3N6O. The van der Waals surface area contributed by atoms with Crippen molar-refractivity contribution in [2.24, 2.45) is 0 Å². The maximum absolute atomic E-state index is 12.6. The van der Waals surface area contributed by atoms with E-state index in [0.29, 0.717) is 25.0 Å². The van der Waals surface area contributed by atoms with E-state index >= 15 is 0 Å². The molecule has 3 aromatic rings. The van der Waals surface area contributed by atoms with Crippen LogP contribution in [0.4, 0.5) is 19.1 Å². The molecule has 0 unspecified atom stereocenters. The number of aliphatic hydroxyl groups is 1. The van der Waals surface area contributed by atoms with Crippen molar-refractivity contribution < 1.29 is 18.3 Å². The van der Waals surface area contributed by atoms with Crippen LogP contribution in [0.1, 0.15) is 43.7 Å². The molecule has 1 aromatic carbocycles. The Balaban J connectivity index is 1.36. The smallest absolute Gasteiger partial charge is 0.390 e. The summed E-state index contributed by atoms with van der Waals surface area (Å²) in [5.41, 5.74) is 3.97. The molecule has 1 aliphatic carbocycles. The average molecular weight is 541 g/mol. The first-order chi connectivity index (χ1) is 18.8. The first kappa shape index (κ1) is 27.4. The Morgan fingerprint density at radius 1 is 1.03 bits per heavy atom. The molecule has 208 valence electrons. The van der Waals surface area contributed by atoms with E-state index in [2.05, 4.69) is 66.0 Å². The Bertz CT molecular complexity index is 1280. The van der Waals surface area contributed by atoms with Crippen LogP contribution in [0, 0.1) is 12.3 Å². The number of anilines is 1. The van der Waals surface area contributed by atoms with Crippen molar-refractivity contribution in [3.63, 3.8) is 0 Å². The number of hydrogen-bond donors (Lipinski definition) is 2. The van der Waals surface area contributed by atoms with Gasteiger partial charge in [0.2, 0.25) is 5.95 Å². The van der Waals surface area contributed by atoms with Gasteiger partial charge in [-0.05, 0) is 36.8 Å². The van der Waals surface area contributed by atoms with Crippen molar-refractivity contribution in [3.8, 4) is 23.5 Å². The maximum atomic E-state index is 12.6. The highest BCUT2D eigenvalue weighted by molar-refractivity contribution is 5.94. The SMILES string of the molecule is C#CCN1CCN(Cc2ccc(-c3cn([C@H]4CC[C@H](O)CC4)c4nc(NCCC(F)(F)F)ncc34)cc2)CC1. The van der Waals surface area contributed by atoms with Crippen molar-refractivity contribution in [3.05, 3.63) is 42.2 Å². The second kappa shape index (κ2) is 11.9. The minimum Gasteiger partial charge on any atom is -0.393 e. The molecule has 0 amide bonds. The number of nitrogens with one attached hydrogen (secondary N) is 1. The fourth-order valence-corrected chi connectivity index (χ4v) is 5.56. The first-order valence-corrected chi connectivity index (χ1v) is 13.6. The van der Waals surface area contributed by atoms with Gasteiger partial charge in [0, 0.05) is 68.7 Å². The standard InChI is InChI=1S/C29H35F3N6O/c1-2-13-36-14-16-37(17-15-36)19-21-3-5-22(6-4-21)26-20-38(23-7-9-24(39)10-8-23)27-25(26)18-34-28(35-27)33-12-11-29(30,31)32/h1,3-6,18,20,23-24,39H,7-17,19H2,(H,33,34,35)/t23-,24-. The summed E-state index contributed by atoms with van der Waals surface area (Å²) in [6.07, 6.45) is 6.81. The van der Waals surface area contributed by atoms with Gasteiger partial charge in [-0.25, -0.2) is 4.98 Å². The predicted molar refractivity (Wildman–Crippen MR) is 146 cm³/mol. The zero-order valence-electron chi connectivity index (χ0n) is 22.0. The molecule has 10 heteroatoms. The molecule has 1 aliphatic heterocycles. The Morgan fingerprint density at radius 2 is 1.72 bits per heavy atom. The molecule has 1 saturated carbocycles. The molecule has 2 N–H and O–H groups in total. The van der Waals surface area contributed by atoms with Crippen LogP contribution in [-0.4, -0.2) is 81.0 Å². The fraction of sp³-hybridized carbons (Fsp3) is 0.517. The highest BCUT2D eigenvalue weighted by Gasteiger charge is 2.27. The summed E-state index contributed by atoms with van der Waals surface area (Å²) in [7, 11) is 0. The van der Waals surface area contributed by atoms with Gasteiger partial charge >= 0.3 is 6.18 Å². The van der Waals surface area contributed by atoms with Crippen LogP contribution in [0.15, 0.2) is 36.7 Å². The third-order valence-electron chi connectivity index (χ3n) is 7.77. The van der Waals surface area contributed by atoms with Gasteiger partial charge < -0.3 is 15.0 Å². The molecule has 0 atom stereocenters. The van der Waals surface area contributed by atoms with Crippen LogP contribution in [0.25, 0.3) is 22.2 Å². The number of terminal acetylenes is 1. The van der Waals surface area contributed by atoms with Gasteiger partial charge in [0.05, 0.1) is 19.1 Å². The topological polar surface area (TPSA) is 69.5 Å². The third kappa shape index (κ3) is 6.90. The molecule has 0 bridgehead atoms. The summed E-state index contributed by atoms with van der Waals surface area (Å²) in [5.74, 6) is 2.91. The van der Waals surface area contributed by atoms with Crippen LogP contribution in [0.3, 0.4) is 0 Å². The molecular weight excluding hydrogens is 505 g/mol. The minimum absolute atomic E-state index is 0.162. The summed E-state index contributed by atoms with van der Waals surface area (Å²) in [6, 6.07) is 8.69. The number of piperazine rings is 1. The molecule has 2 aliphatic rings. The van der Waals surface area contributed by atoms with Crippen LogP contribution >= 0.6 is 0 Å². The predicted octanol–water partition coefficient (Wildman–Crippen LogP) is 4.69. The third-order valence-corrected chi connectivity index (χ3v) is 7.77. The largest absolute Gasteiger partial charge is 0.393 e. The Labute approximate surface area is 227 Å². The Morgan fingerprint density at radius 3 is 2.38 bits per heavy atom. The van der Waals surface area contributed by atoms with E-state index in [1.807, 2.05) is 0 Å². The van der Waals surface area contributed by atoms with Crippen molar-refractivity contribution in [1.82, 2.24) is 24.3 Å². The minimum atomic E-state index is -4.24. The lowest BCUT2D eigenvalue weighted by Gasteiger charge is -2.33.